The van der Waals surface area contributed by atoms with Gasteiger partial charge in [0.15, 0.2) is 5.13 Å². The van der Waals surface area contributed by atoms with Crippen molar-refractivity contribution in [1.82, 2.24) is 14.8 Å². The summed E-state index contributed by atoms with van der Waals surface area (Å²) in [6.45, 7) is 1.92. The Bertz CT molecular complexity index is 930. The first-order chi connectivity index (χ1) is 10.9. The zero-order valence-corrected chi connectivity index (χ0v) is 14.1. The van der Waals surface area contributed by atoms with E-state index in [1.807, 2.05) is 18.4 Å². The molecular weight excluding hydrogens is 334 g/mol. The summed E-state index contributed by atoms with van der Waals surface area (Å²) in [7, 11) is -1.99. The SMILES string of the molecule is Cc1csc(Nc2cccc(NS(=O)(=O)c3cnn(C)c3)c2)n1. The van der Waals surface area contributed by atoms with Crippen LogP contribution in [-0.2, 0) is 17.1 Å². The first kappa shape index (κ1) is 15.5. The predicted molar refractivity (Wildman–Crippen MR) is 90.6 cm³/mol. The van der Waals surface area contributed by atoms with E-state index in [0.717, 1.165) is 16.5 Å². The van der Waals surface area contributed by atoms with Crippen LogP contribution in [0.4, 0.5) is 16.5 Å². The molecule has 120 valence electrons. The predicted octanol–water partition coefficient (Wildman–Crippen LogP) is 2.73. The number of rotatable bonds is 5. The molecule has 2 N–H and O–H groups in total. The van der Waals surface area contributed by atoms with Gasteiger partial charge in [-0.25, -0.2) is 13.4 Å². The average molecular weight is 349 g/mol. The number of aromatic nitrogens is 3. The van der Waals surface area contributed by atoms with Crippen molar-refractivity contribution in [3.8, 4) is 0 Å². The Balaban J connectivity index is 1.80. The zero-order valence-electron chi connectivity index (χ0n) is 12.5. The van der Waals surface area contributed by atoms with Gasteiger partial charge in [-0.1, -0.05) is 6.07 Å². The van der Waals surface area contributed by atoms with E-state index in [4.69, 9.17) is 0 Å². The summed E-state index contributed by atoms with van der Waals surface area (Å²) < 4.78 is 28.6. The average Bonchev–Trinajstić information content (AvgIpc) is 3.08. The first-order valence-corrected chi connectivity index (χ1v) is 9.09. The van der Waals surface area contributed by atoms with E-state index in [-0.39, 0.29) is 4.90 Å². The molecule has 0 spiro atoms. The lowest BCUT2D eigenvalue weighted by molar-refractivity contribution is 0.601. The lowest BCUT2D eigenvalue weighted by Gasteiger charge is -2.08. The molecule has 0 saturated carbocycles. The fourth-order valence-corrected chi connectivity index (χ4v) is 3.69. The Kier molecular flexibility index (Phi) is 4.05. The quantitative estimate of drug-likeness (QED) is 0.739. The van der Waals surface area contributed by atoms with Crippen molar-refractivity contribution in [2.75, 3.05) is 10.0 Å². The van der Waals surface area contributed by atoms with Gasteiger partial charge in [0.1, 0.15) is 4.90 Å². The second kappa shape index (κ2) is 6.01. The molecule has 3 aromatic rings. The minimum atomic E-state index is -3.65. The Morgan fingerprint density at radius 2 is 2.04 bits per heavy atom. The number of hydrogen-bond donors (Lipinski definition) is 2. The summed E-state index contributed by atoms with van der Waals surface area (Å²) in [6.07, 6.45) is 2.76. The van der Waals surface area contributed by atoms with Crippen molar-refractivity contribution in [2.24, 2.45) is 7.05 Å². The highest BCUT2D eigenvalue weighted by molar-refractivity contribution is 7.92. The third-order valence-electron chi connectivity index (χ3n) is 2.98. The molecule has 0 aliphatic heterocycles. The van der Waals surface area contributed by atoms with Crippen LogP contribution in [0.25, 0.3) is 0 Å². The van der Waals surface area contributed by atoms with Crippen LogP contribution in [0.3, 0.4) is 0 Å². The summed E-state index contributed by atoms with van der Waals surface area (Å²) in [5.41, 5.74) is 2.16. The minimum absolute atomic E-state index is 0.119. The fraction of sp³-hybridized carbons (Fsp3) is 0.143. The monoisotopic (exact) mass is 349 g/mol. The third kappa shape index (κ3) is 3.69. The molecule has 0 saturated heterocycles. The molecule has 3 rings (SSSR count). The smallest absolute Gasteiger partial charge is 0.265 e. The summed E-state index contributed by atoms with van der Waals surface area (Å²) in [6, 6.07) is 7.01. The van der Waals surface area contributed by atoms with Crippen LogP contribution >= 0.6 is 11.3 Å². The highest BCUT2D eigenvalue weighted by Gasteiger charge is 2.16. The summed E-state index contributed by atoms with van der Waals surface area (Å²) in [5, 5.41) is 9.73. The summed E-state index contributed by atoms with van der Waals surface area (Å²) in [5.74, 6) is 0. The molecule has 0 atom stereocenters. The van der Waals surface area contributed by atoms with E-state index in [1.54, 1.807) is 25.2 Å². The number of sulfonamides is 1. The van der Waals surface area contributed by atoms with Gasteiger partial charge in [-0.15, -0.1) is 11.3 Å². The number of thiazole rings is 1. The highest BCUT2D eigenvalue weighted by Crippen LogP contribution is 2.24. The number of nitrogens with zero attached hydrogens (tertiary/aromatic N) is 3. The van der Waals surface area contributed by atoms with E-state index >= 15 is 0 Å². The van der Waals surface area contributed by atoms with E-state index in [0.29, 0.717) is 5.69 Å². The number of hydrogen-bond acceptors (Lipinski definition) is 6. The second-order valence-electron chi connectivity index (χ2n) is 4.96. The summed E-state index contributed by atoms with van der Waals surface area (Å²) in [4.78, 5) is 4.44. The molecule has 0 aliphatic carbocycles. The lowest BCUT2D eigenvalue weighted by Crippen LogP contribution is -2.12. The normalized spacial score (nSPS) is 11.4. The Morgan fingerprint density at radius 3 is 2.70 bits per heavy atom. The van der Waals surface area contributed by atoms with Crippen LogP contribution in [0.1, 0.15) is 5.69 Å². The van der Waals surface area contributed by atoms with Crippen molar-refractivity contribution in [3.05, 3.63) is 47.7 Å². The Morgan fingerprint density at radius 1 is 1.26 bits per heavy atom. The molecule has 2 heterocycles. The van der Waals surface area contributed by atoms with Crippen LogP contribution in [0.15, 0.2) is 46.9 Å². The molecule has 0 bridgehead atoms. The first-order valence-electron chi connectivity index (χ1n) is 6.73. The van der Waals surface area contributed by atoms with Gasteiger partial charge in [0.05, 0.1) is 17.6 Å². The molecule has 2 aromatic heterocycles. The van der Waals surface area contributed by atoms with Gasteiger partial charge in [-0.3, -0.25) is 9.40 Å². The number of anilines is 3. The van der Waals surface area contributed by atoms with Gasteiger partial charge in [-0.05, 0) is 25.1 Å². The minimum Gasteiger partial charge on any atom is -0.331 e. The van der Waals surface area contributed by atoms with Crippen LogP contribution in [0, 0.1) is 6.92 Å². The van der Waals surface area contributed by atoms with Crippen molar-refractivity contribution in [1.29, 1.82) is 0 Å². The molecule has 1 aromatic carbocycles. The largest absolute Gasteiger partial charge is 0.331 e. The molecule has 7 nitrogen and oxygen atoms in total. The fourth-order valence-electron chi connectivity index (χ4n) is 1.95. The maximum atomic E-state index is 12.3. The van der Waals surface area contributed by atoms with Gasteiger partial charge >= 0.3 is 0 Å². The third-order valence-corrected chi connectivity index (χ3v) is 5.19. The van der Waals surface area contributed by atoms with Crippen LogP contribution < -0.4 is 10.0 Å². The van der Waals surface area contributed by atoms with Crippen molar-refractivity contribution in [2.45, 2.75) is 11.8 Å². The molecule has 23 heavy (non-hydrogen) atoms. The number of nitrogens with one attached hydrogen (secondary N) is 2. The molecule has 0 radical (unpaired) electrons. The van der Waals surface area contributed by atoms with Gasteiger partial charge in [0.25, 0.3) is 10.0 Å². The topological polar surface area (TPSA) is 88.9 Å². The van der Waals surface area contributed by atoms with Gasteiger partial charge in [-0.2, -0.15) is 5.10 Å². The summed E-state index contributed by atoms with van der Waals surface area (Å²) >= 11 is 1.49. The van der Waals surface area contributed by atoms with E-state index in [1.165, 1.54) is 28.4 Å². The van der Waals surface area contributed by atoms with Crippen LogP contribution in [-0.4, -0.2) is 23.2 Å². The van der Waals surface area contributed by atoms with E-state index < -0.39 is 10.0 Å². The van der Waals surface area contributed by atoms with Crippen molar-refractivity contribution >= 4 is 37.9 Å². The maximum Gasteiger partial charge on any atom is 0.265 e. The lowest BCUT2D eigenvalue weighted by atomic mass is 10.3. The van der Waals surface area contributed by atoms with Crippen LogP contribution in [0.5, 0.6) is 0 Å². The van der Waals surface area contributed by atoms with Gasteiger partial charge in [0, 0.05) is 24.3 Å². The highest BCUT2D eigenvalue weighted by atomic mass is 32.2. The molecule has 0 aliphatic rings. The standard InChI is InChI=1S/C14H15N5O2S2/c1-10-9-22-14(16-10)17-11-4-3-5-12(6-11)18-23(20,21)13-7-15-19(2)8-13/h3-9,18H,1-2H3,(H,16,17). The van der Waals surface area contributed by atoms with Gasteiger partial charge in [0.2, 0.25) is 0 Å². The number of benzene rings is 1. The zero-order chi connectivity index (χ0) is 16.4. The van der Waals surface area contributed by atoms with Crippen molar-refractivity contribution < 1.29 is 8.42 Å². The molecular formula is C14H15N5O2S2. The molecule has 9 heteroatoms. The molecule has 0 unspecified atom stereocenters. The van der Waals surface area contributed by atoms with Gasteiger partial charge < -0.3 is 5.32 Å². The van der Waals surface area contributed by atoms with E-state index in [9.17, 15) is 8.42 Å². The number of aryl methyl sites for hydroxylation is 2. The second-order valence-corrected chi connectivity index (χ2v) is 7.50. The maximum absolute atomic E-state index is 12.3. The Hall–Kier alpha value is -2.39. The Labute approximate surface area is 138 Å². The van der Waals surface area contributed by atoms with Crippen molar-refractivity contribution in [3.63, 3.8) is 0 Å². The van der Waals surface area contributed by atoms with Crippen LogP contribution in [0.2, 0.25) is 0 Å². The molecule has 0 fully saturated rings. The molecule has 0 amide bonds. The van der Waals surface area contributed by atoms with E-state index in [2.05, 4.69) is 20.1 Å².